The zero-order valence-corrected chi connectivity index (χ0v) is 19.9. The molecule has 0 amide bonds. The molecule has 0 aliphatic rings. The molecule has 0 heterocycles. The number of hydrogen-bond acceptors (Lipinski definition) is 1. The maximum atomic E-state index is 13.8. The van der Waals surface area contributed by atoms with Crippen LogP contribution in [0.4, 0.5) is 87.8 Å². The first-order valence-corrected chi connectivity index (χ1v) is 11.1. The highest BCUT2D eigenvalue weighted by molar-refractivity contribution is 5.73. The van der Waals surface area contributed by atoms with Crippen LogP contribution in [0.25, 0.3) is 0 Å². The predicted octanol–water partition coefficient (Wildman–Crippen LogP) is 6.42. The van der Waals surface area contributed by atoms with Gasteiger partial charge in [-0.15, -0.1) is 0 Å². The molecule has 0 aliphatic carbocycles. The first kappa shape index (κ1) is 40.1. The SMILES string of the molecule is O=C(O)C(F)C(F)C(F)C(F)C(F)C(F)C(F)C(F)C(F)C(F)C(F)C(F)C(F)C(F)C(F)C(F)C(F)C(F)C(F)F. The van der Waals surface area contributed by atoms with Crippen molar-refractivity contribution in [2.45, 2.75) is 118 Å². The number of carboxylic acid groups (broad SMARTS) is 1. The van der Waals surface area contributed by atoms with Crippen LogP contribution < -0.4 is 0 Å². The van der Waals surface area contributed by atoms with Crippen LogP contribution in [-0.4, -0.2) is 129 Å². The molecule has 0 saturated heterocycles. The Morgan fingerprint density at radius 1 is 0.286 bits per heavy atom. The lowest BCUT2D eigenvalue weighted by Crippen LogP contribution is -2.52. The van der Waals surface area contributed by atoms with Gasteiger partial charge in [0, 0.05) is 0 Å². The van der Waals surface area contributed by atoms with Crippen molar-refractivity contribution in [2.75, 3.05) is 0 Å². The van der Waals surface area contributed by atoms with E-state index in [9.17, 15) is 92.6 Å². The lowest BCUT2D eigenvalue weighted by molar-refractivity contribution is -0.148. The molecule has 18 atom stereocenters. The first-order valence-electron chi connectivity index (χ1n) is 11.1. The number of carboxylic acids is 1. The summed E-state index contributed by atoms with van der Waals surface area (Å²) in [7, 11) is 0. The molecule has 0 aromatic rings. The fraction of sp³-hybridized carbons (Fsp3) is 0.950. The average molecular weight is 672 g/mol. The van der Waals surface area contributed by atoms with Crippen LogP contribution in [0.3, 0.4) is 0 Å². The highest BCUT2D eigenvalue weighted by Crippen LogP contribution is 2.34. The number of aliphatic carboxylic acids is 1. The molecule has 2 nitrogen and oxygen atoms in total. The van der Waals surface area contributed by atoms with Crippen LogP contribution in [0.5, 0.6) is 0 Å². The average Bonchev–Trinajstić information content (AvgIpc) is 2.97. The van der Waals surface area contributed by atoms with E-state index in [0.29, 0.717) is 0 Å². The fourth-order valence-electron chi connectivity index (χ4n) is 3.07. The lowest BCUT2D eigenvalue weighted by Gasteiger charge is -2.30. The minimum Gasteiger partial charge on any atom is -0.479 e. The zero-order chi connectivity index (χ0) is 33.5. The Hall–Kier alpha value is -1.93. The summed E-state index contributed by atoms with van der Waals surface area (Å²) in [5, 5.41) is 8.12. The van der Waals surface area contributed by atoms with Gasteiger partial charge in [0.25, 0.3) is 6.43 Å². The summed E-state index contributed by atoms with van der Waals surface area (Å²) in [5.41, 5.74) is 0. The minimum absolute atomic E-state index is 2.77. The van der Waals surface area contributed by atoms with Gasteiger partial charge in [0.1, 0.15) is 0 Å². The van der Waals surface area contributed by atoms with Crippen molar-refractivity contribution < 1.29 is 97.7 Å². The Labute approximate surface area is 222 Å². The van der Waals surface area contributed by atoms with Gasteiger partial charge in [-0.1, -0.05) is 0 Å². The Morgan fingerprint density at radius 3 is 0.571 bits per heavy atom. The molecule has 0 aliphatic heterocycles. The van der Waals surface area contributed by atoms with Crippen molar-refractivity contribution in [3.8, 4) is 0 Å². The maximum Gasteiger partial charge on any atom is 0.341 e. The standard InChI is InChI=1S/C20H20F20O2/c21-1(3(23)5(25)7(27)9(29)11(31)13(33)15(35)17(37)19(39)40)2(22)4(24)6(26)8(28)10(30)12(32)14(34)16(36)18(38)20(41)42/h1-19H,(H,41,42). The van der Waals surface area contributed by atoms with Gasteiger partial charge in [0.05, 0.1) is 0 Å². The van der Waals surface area contributed by atoms with Crippen molar-refractivity contribution in [3.05, 3.63) is 0 Å². The summed E-state index contributed by atoms with van der Waals surface area (Å²) >= 11 is 0. The topological polar surface area (TPSA) is 37.3 Å². The smallest absolute Gasteiger partial charge is 0.341 e. The summed E-state index contributed by atoms with van der Waals surface area (Å²) in [6.07, 6.45) is -83.1. The molecule has 18 unspecified atom stereocenters. The summed E-state index contributed by atoms with van der Waals surface area (Å²) in [6.45, 7) is 0. The number of alkyl halides is 20. The van der Waals surface area contributed by atoms with Crippen LogP contribution >= 0.6 is 0 Å². The molecule has 0 spiro atoms. The van der Waals surface area contributed by atoms with E-state index in [1.807, 2.05) is 0 Å². The Balaban J connectivity index is 5.45. The van der Waals surface area contributed by atoms with Crippen molar-refractivity contribution >= 4 is 5.97 Å². The molecule has 42 heavy (non-hydrogen) atoms. The van der Waals surface area contributed by atoms with Gasteiger partial charge >= 0.3 is 5.97 Å². The Bertz CT molecular complexity index is 799. The number of hydrogen-bond donors (Lipinski definition) is 1. The van der Waals surface area contributed by atoms with Crippen molar-refractivity contribution in [3.63, 3.8) is 0 Å². The van der Waals surface area contributed by atoms with E-state index in [1.54, 1.807) is 0 Å². The second-order valence-corrected chi connectivity index (χ2v) is 8.63. The van der Waals surface area contributed by atoms with E-state index in [4.69, 9.17) is 5.11 Å². The molecule has 0 fully saturated rings. The van der Waals surface area contributed by atoms with Crippen molar-refractivity contribution in [1.29, 1.82) is 0 Å². The molecule has 0 rings (SSSR count). The van der Waals surface area contributed by atoms with Gasteiger partial charge in [-0.05, 0) is 0 Å². The zero-order valence-electron chi connectivity index (χ0n) is 19.9. The van der Waals surface area contributed by atoms with E-state index >= 15 is 0 Å². The van der Waals surface area contributed by atoms with Gasteiger partial charge in [0.15, 0.2) is 105 Å². The summed E-state index contributed by atoms with van der Waals surface area (Å²) in [4.78, 5) is 10.2. The van der Waals surface area contributed by atoms with Crippen LogP contribution in [0, 0.1) is 0 Å². The summed E-state index contributed by atoms with van der Waals surface area (Å²) in [6, 6.07) is 0. The molecular formula is C20H20F20O2. The van der Waals surface area contributed by atoms with Gasteiger partial charge in [-0.25, -0.2) is 92.6 Å². The molecule has 22 heteroatoms. The van der Waals surface area contributed by atoms with Gasteiger partial charge in [-0.2, -0.15) is 0 Å². The van der Waals surface area contributed by atoms with Crippen molar-refractivity contribution in [2.24, 2.45) is 0 Å². The second kappa shape index (κ2) is 16.8. The third-order valence-electron chi connectivity index (χ3n) is 5.62. The highest BCUT2D eigenvalue weighted by atomic mass is 19.3. The van der Waals surface area contributed by atoms with Crippen LogP contribution in [-0.2, 0) is 4.79 Å². The molecule has 252 valence electrons. The van der Waals surface area contributed by atoms with Crippen LogP contribution in [0.15, 0.2) is 0 Å². The van der Waals surface area contributed by atoms with E-state index in [2.05, 4.69) is 0 Å². The molecule has 1 N–H and O–H groups in total. The monoisotopic (exact) mass is 672 g/mol. The normalized spacial score (nSPS) is 25.7. The third kappa shape index (κ3) is 9.54. The fourth-order valence-corrected chi connectivity index (χ4v) is 3.07. The number of rotatable bonds is 19. The molecule has 0 radical (unpaired) electrons. The molecule has 0 aromatic carbocycles. The largest absolute Gasteiger partial charge is 0.479 e. The molecule has 0 aromatic heterocycles. The molecule has 0 bridgehead atoms. The van der Waals surface area contributed by atoms with Crippen LogP contribution in [0.2, 0.25) is 0 Å². The first-order chi connectivity index (χ1) is 19.0. The van der Waals surface area contributed by atoms with Crippen molar-refractivity contribution in [1.82, 2.24) is 0 Å². The predicted molar refractivity (Wildman–Crippen MR) is 102 cm³/mol. The number of halogens is 20. The third-order valence-corrected chi connectivity index (χ3v) is 5.62. The Morgan fingerprint density at radius 2 is 0.429 bits per heavy atom. The quantitative estimate of drug-likeness (QED) is 0.161. The van der Waals surface area contributed by atoms with Gasteiger partial charge < -0.3 is 5.11 Å². The van der Waals surface area contributed by atoms with Gasteiger partial charge in [-0.3, -0.25) is 0 Å². The molecular weight excluding hydrogens is 652 g/mol. The number of carbonyl (C=O) groups is 1. The van der Waals surface area contributed by atoms with E-state index in [0.717, 1.165) is 0 Å². The van der Waals surface area contributed by atoms with E-state index in [1.165, 1.54) is 0 Å². The van der Waals surface area contributed by atoms with E-state index in [-0.39, 0.29) is 0 Å². The molecule has 0 saturated carbocycles. The summed E-state index contributed by atoms with van der Waals surface area (Å²) < 4.78 is 268. The van der Waals surface area contributed by atoms with Crippen LogP contribution in [0.1, 0.15) is 0 Å². The second-order valence-electron chi connectivity index (χ2n) is 8.63. The van der Waals surface area contributed by atoms with Gasteiger partial charge in [0.2, 0.25) is 6.17 Å². The Kier molecular flexibility index (Phi) is 16.0. The minimum atomic E-state index is -4.57. The van der Waals surface area contributed by atoms with E-state index < -0.39 is 123 Å². The lowest BCUT2D eigenvalue weighted by atomic mass is 9.92. The highest BCUT2D eigenvalue weighted by Gasteiger charge is 2.54. The summed E-state index contributed by atoms with van der Waals surface area (Å²) in [5.74, 6) is -2.77. The maximum absolute atomic E-state index is 13.8.